The number of phosphoric acid groups is 1. The van der Waals surface area contributed by atoms with Gasteiger partial charge in [-0.2, -0.15) is 0 Å². The number of rotatable bonds is 7. The molecular weight excluding hydrogens is 349 g/mol. The van der Waals surface area contributed by atoms with E-state index in [4.69, 9.17) is 14.7 Å². The fourth-order valence-electron chi connectivity index (χ4n) is 0.934. The first-order valence-corrected chi connectivity index (χ1v) is 8.76. The Morgan fingerprint density at radius 1 is 1.29 bits per heavy atom. The van der Waals surface area contributed by atoms with Crippen molar-refractivity contribution in [2.75, 3.05) is 11.5 Å². The zero-order chi connectivity index (χ0) is 13.0. The zero-order valence-electron chi connectivity index (χ0n) is 9.61. The zero-order valence-corrected chi connectivity index (χ0v) is 15.0. The van der Waals surface area contributed by atoms with Gasteiger partial charge in [-0.3, -0.25) is 4.57 Å². The predicted molar refractivity (Wildman–Crippen MR) is 61.5 cm³/mol. The molecule has 0 aliphatic carbocycles. The Labute approximate surface area is 130 Å². The van der Waals surface area contributed by atoms with Gasteiger partial charge in [0.05, 0.1) is 11.8 Å². The van der Waals surface area contributed by atoms with E-state index in [2.05, 4.69) is 20.2 Å². The Hall–Kier alpha value is 1.74. The molecule has 0 heterocycles. The van der Waals surface area contributed by atoms with E-state index in [-0.39, 0.29) is 42.4 Å². The van der Waals surface area contributed by atoms with Gasteiger partial charge in [0.2, 0.25) is 0 Å². The van der Waals surface area contributed by atoms with Gasteiger partial charge in [-0.1, -0.05) is 15.9 Å². The van der Waals surface area contributed by atoms with Crippen molar-refractivity contribution in [1.82, 2.24) is 0 Å². The maximum atomic E-state index is 11.2. The van der Waals surface area contributed by atoms with Crippen molar-refractivity contribution in [3.63, 3.8) is 0 Å². The molecule has 0 saturated heterocycles. The second-order valence-electron chi connectivity index (χ2n) is 3.67. The molecule has 4 N–H and O–H groups in total. The van der Waals surface area contributed by atoms with Gasteiger partial charge in [0.25, 0.3) is 0 Å². The molecule has 2 unspecified atom stereocenters. The maximum absolute atomic E-state index is 11.2. The molecule has 7 nitrogen and oxygen atoms in total. The van der Waals surface area contributed by atoms with Crippen LogP contribution in [-0.2, 0) is 13.4 Å². The maximum Gasteiger partial charge on any atom is 1.00 e. The van der Waals surface area contributed by atoms with E-state index >= 15 is 0 Å². The average molecular weight is 364 g/mol. The molecule has 17 heavy (non-hydrogen) atoms. The molecule has 0 aromatic carbocycles. The smallest absolute Gasteiger partial charge is 0.389 e. The molecule has 0 amide bonds. The first-order valence-electron chi connectivity index (χ1n) is 4.34. The summed E-state index contributed by atoms with van der Waals surface area (Å²) in [5.41, 5.74) is -1.03. The summed E-state index contributed by atoms with van der Waals surface area (Å²) in [6.07, 6.45) is -0.0824. The molecule has 2 atom stereocenters. The van der Waals surface area contributed by atoms with Gasteiger partial charge < -0.3 is 19.8 Å². The van der Waals surface area contributed by atoms with Gasteiger partial charge in [-0.15, -0.1) is 0 Å². The van der Waals surface area contributed by atoms with Crippen molar-refractivity contribution in [3.05, 3.63) is 0 Å². The van der Waals surface area contributed by atoms with E-state index in [0.717, 1.165) is 0 Å². The second-order valence-corrected chi connectivity index (χ2v) is 7.58. The van der Waals surface area contributed by atoms with Crippen LogP contribution in [0.25, 0.3) is 0 Å². The summed E-state index contributed by atoms with van der Waals surface area (Å²) in [5.74, 6) is 0. The molecule has 11 heteroatoms. The Bertz CT molecular complexity index is 317. The normalized spacial score (nSPS) is 18.9. The third-order valence-electron chi connectivity index (χ3n) is 1.68. The number of alkyl halides is 1. The third kappa shape index (κ3) is 12.5. The van der Waals surface area contributed by atoms with Gasteiger partial charge in [0, 0.05) is 5.33 Å². The van der Waals surface area contributed by atoms with Crippen LogP contribution in [0.15, 0.2) is 0 Å². The summed E-state index contributed by atoms with van der Waals surface area (Å²) in [4.78, 5) is 25.8. The fourth-order valence-corrected chi connectivity index (χ4v) is 3.43. The molecule has 0 radical (unpaired) electrons. The largest absolute Gasteiger partial charge is 1.00 e. The Morgan fingerprint density at radius 3 is 2.12 bits per heavy atom. The van der Waals surface area contributed by atoms with Crippen molar-refractivity contribution in [2.45, 2.75) is 25.4 Å². The summed E-state index contributed by atoms with van der Waals surface area (Å²) < 4.78 is 25.3. The van der Waals surface area contributed by atoms with E-state index in [1.165, 1.54) is 6.92 Å². The van der Waals surface area contributed by atoms with Crippen LogP contribution in [0.5, 0.6) is 0 Å². The van der Waals surface area contributed by atoms with E-state index < -0.39 is 27.2 Å². The number of halogens is 1. The van der Waals surface area contributed by atoms with Crippen LogP contribution in [0.1, 0.15) is 19.8 Å². The molecule has 0 bridgehead atoms. The van der Waals surface area contributed by atoms with Crippen molar-refractivity contribution in [3.8, 4) is 0 Å². The minimum atomic E-state index is -4.96. The first-order chi connectivity index (χ1) is 6.97. The van der Waals surface area contributed by atoms with Crippen molar-refractivity contribution >= 4 is 31.3 Å². The van der Waals surface area contributed by atoms with Crippen LogP contribution in [0.4, 0.5) is 0 Å². The Balaban J connectivity index is 0. The van der Waals surface area contributed by atoms with E-state index in [9.17, 15) is 14.2 Å². The molecule has 0 aromatic rings. The molecule has 0 saturated carbocycles. The second kappa shape index (κ2) is 8.12. The summed E-state index contributed by atoms with van der Waals surface area (Å²) in [6, 6.07) is 0. The van der Waals surface area contributed by atoms with Crippen LogP contribution in [-0.4, -0.2) is 36.9 Å². The van der Waals surface area contributed by atoms with Crippen LogP contribution >= 0.6 is 31.3 Å². The standard InChI is InChI=1S/C6H15BrO7P2.Na/c1-6(8,5-7)3-2-4-15(9,10)14-16(11,12)13;/h8H,2-5H2,1H3,(H,9,10)(H2,11,12,13);/q;+1. The van der Waals surface area contributed by atoms with Crippen LogP contribution < -0.4 is 29.6 Å². The first kappa shape index (κ1) is 21.0. The molecular formula is C6H15BrNaO7P2+. The van der Waals surface area contributed by atoms with Gasteiger partial charge in [-0.05, 0) is 19.8 Å². The number of hydrogen-bond acceptors (Lipinski definition) is 4. The SMILES string of the molecule is CC(O)(CBr)CCCP(=O)(O)OP(=O)(O)O.[Na+]. The summed E-state index contributed by atoms with van der Waals surface area (Å²) in [6.45, 7) is 1.54. The summed E-state index contributed by atoms with van der Waals surface area (Å²) in [5, 5.41) is 9.84. The van der Waals surface area contributed by atoms with Gasteiger partial charge in [0.15, 0.2) is 0 Å². The summed E-state index contributed by atoms with van der Waals surface area (Å²) in [7, 11) is -9.26. The van der Waals surface area contributed by atoms with Crippen molar-refractivity contribution in [2.24, 2.45) is 0 Å². The number of hydrogen-bond donors (Lipinski definition) is 4. The van der Waals surface area contributed by atoms with Crippen molar-refractivity contribution < 1.29 is 62.8 Å². The topological polar surface area (TPSA) is 124 Å². The Morgan fingerprint density at radius 2 is 1.76 bits per heavy atom. The Kier molecular flexibility index (Phi) is 10.1. The van der Waals surface area contributed by atoms with Crippen LogP contribution in [0.3, 0.4) is 0 Å². The van der Waals surface area contributed by atoms with Crippen molar-refractivity contribution in [1.29, 1.82) is 0 Å². The molecule has 0 rings (SSSR count). The molecule has 0 aliphatic rings. The minimum absolute atomic E-state index is 0. The molecule has 98 valence electrons. The minimum Gasteiger partial charge on any atom is -0.389 e. The van der Waals surface area contributed by atoms with Crippen LogP contribution in [0.2, 0.25) is 0 Å². The summed E-state index contributed by atoms with van der Waals surface area (Å²) >= 11 is 3.06. The van der Waals surface area contributed by atoms with E-state index in [1.807, 2.05) is 0 Å². The fraction of sp³-hybridized carbons (Fsp3) is 1.00. The molecule has 0 aromatic heterocycles. The molecule has 0 fully saturated rings. The molecule has 0 spiro atoms. The van der Waals surface area contributed by atoms with Gasteiger partial charge in [0.1, 0.15) is 0 Å². The van der Waals surface area contributed by atoms with E-state index in [1.54, 1.807) is 0 Å². The van der Waals surface area contributed by atoms with Gasteiger partial charge >= 0.3 is 45.0 Å². The quantitative estimate of drug-likeness (QED) is 0.239. The monoisotopic (exact) mass is 363 g/mol. The van der Waals surface area contributed by atoms with Crippen LogP contribution in [0, 0.1) is 0 Å². The van der Waals surface area contributed by atoms with E-state index in [0.29, 0.717) is 5.33 Å². The third-order valence-corrected chi connectivity index (χ3v) is 5.64. The number of aliphatic hydroxyl groups is 1. The predicted octanol–water partition coefficient (Wildman–Crippen LogP) is -1.79. The average Bonchev–Trinajstić information content (AvgIpc) is 1.98. The van der Waals surface area contributed by atoms with Gasteiger partial charge in [-0.25, -0.2) is 8.88 Å². The molecule has 0 aliphatic heterocycles.